The molecule has 0 radical (unpaired) electrons. The lowest BCUT2D eigenvalue weighted by Gasteiger charge is -2.27. The fraction of sp³-hybridized carbons (Fsp3) is 0.533. The van der Waals surface area contributed by atoms with Crippen molar-refractivity contribution in [3.05, 3.63) is 16.0 Å². The molecule has 1 aliphatic rings. The van der Waals surface area contributed by atoms with Gasteiger partial charge in [0.1, 0.15) is 11.1 Å². The Morgan fingerprint density at radius 3 is 2.48 bits per heavy atom. The molecule has 2 atom stereocenters. The first-order valence-electron chi connectivity index (χ1n) is 6.99. The number of carbonyl (C=O) groups is 2. The van der Waals surface area contributed by atoms with Gasteiger partial charge in [-0.3, -0.25) is 9.59 Å². The van der Waals surface area contributed by atoms with E-state index in [9.17, 15) is 20.0 Å². The average Bonchev–Trinajstić information content (AvgIpc) is 2.73. The molecule has 1 saturated carbocycles. The van der Waals surface area contributed by atoms with Crippen molar-refractivity contribution in [2.24, 2.45) is 11.8 Å². The smallest absolute Gasteiger partial charge is 0.307 e. The van der Waals surface area contributed by atoms with E-state index in [4.69, 9.17) is 0 Å². The van der Waals surface area contributed by atoms with Gasteiger partial charge in [-0.25, -0.2) is 0 Å². The van der Waals surface area contributed by atoms with Crippen LogP contribution < -0.4 is 5.32 Å². The maximum Gasteiger partial charge on any atom is 0.307 e. The first-order valence-corrected chi connectivity index (χ1v) is 7.81. The molecule has 1 aromatic rings. The summed E-state index contributed by atoms with van der Waals surface area (Å²) in [4.78, 5) is 24.7. The number of nitriles is 1. The van der Waals surface area contributed by atoms with Crippen LogP contribution in [0.4, 0.5) is 5.00 Å². The molecule has 0 saturated heterocycles. The van der Waals surface area contributed by atoms with Crippen molar-refractivity contribution in [3.63, 3.8) is 0 Å². The van der Waals surface area contributed by atoms with Crippen molar-refractivity contribution in [3.8, 4) is 6.07 Å². The third-order valence-electron chi connectivity index (χ3n) is 4.15. The maximum atomic E-state index is 12.4. The van der Waals surface area contributed by atoms with Gasteiger partial charge >= 0.3 is 5.97 Å². The number of nitrogens with zero attached hydrogens (tertiary/aromatic N) is 1. The van der Waals surface area contributed by atoms with Crippen LogP contribution >= 0.6 is 11.3 Å². The highest BCUT2D eigenvalue weighted by atomic mass is 32.1. The Bertz CT molecular complexity index is 615. The number of carboxylic acids is 1. The number of aryl methyl sites for hydroxylation is 1. The molecule has 0 unspecified atom stereocenters. The lowest BCUT2D eigenvalue weighted by atomic mass is 9.79. The number of thiophene rings is 1. The Labute approximate surface area is 127 Å². The highest BCUT2D eigenvalue weighted by Crippen LogP contribution is 2.35. The maximum absolute atomic E-state index is 12.4. The second kappa shape index (κ2) is 6.27. The normalized spacial score (nSPS) is 21.6. The minimum Gasteiger partial charge on any atom is -0.481 e. The van der Waals surface area contributed by atoms with E-state index in [0.29, 0.717) is 23.4 Å². The van der Waals surface area contributed by atoms with Crippen molar-refractivity contribution >= 4 is 28.2 Å². The molecule has 0 aromatic carbocycles. The van der Waals surface area contributed by atoms with Crippen molar-refractivity contribution in [2.45, 2.75) is 39.5 Å². The summed E-state index contributed by atoms with van der Waals surface area (Å²) in [5, 5.41) is 21.7. The van der Waals surface area contributed by atoms with Crippen LogP contribution in [0, 0.1) is 37.0 Å². The molecule has 0 spiro atoms. The molecule has 1 fully saturated rings. The Morgan fingerprint density at radius 2 is 1.90 bits per heavy atom. The van der Waals surface area contributed by atoms with Gasteiger partial charge in [0.2, 0.25) is 5.91 Å². The van der Waals surface area contributed by atoms with E-state index >= 15 is 0 Å². The fourth-order valence-electron chi connectivity index (χ4n) is 2.79. The standard InChI is InChI=1S/C15H18N2O3S/c1-8-9(2)21-14(12(8)7-16)17-13(18)10-5-3-4-6-11(10)15(19)20/h10-11H,3-6H2,1-2H3,(H,17,18)(H,19,20)/t10-,11+/m0/s1. The number of aliphatic carboxylic acids is 1. The zero-order chi connectivity index (χ0) is 15.6. The van der Waals surface area contributed by atoms with Crippen LogP contribution in [0.5, 0.6) is 0 Å². The van der Waals surface area contributed by atoms with E-state index in [1.165, 1.54) is 11.3 Å². The average molecular weight is 306 g/mol. The molecule has 6 heteroatoms. The number of nitrogens with one attached hydrogen (secondary N) is 1. The third kappa shape index (κ3) is 3.08. The molecule has 5 nitrogen and oxygen atoms in total. The van der Waals surface area contributed by atoms with Gasteiger partial charge in [-0.15, -0.1) is 11.3 Å². The highest BCUT2D eigenvalue weighted by Gasteiger charge is 2.36. The molecule has 0 bridgehead atoms. The summed E-state index contributed by atoms with van der Waals surface area (Å²) in [5.74, 6) is -2.31. The monoisotopic (exact) mass is 306 g/mol. The van der Waals surface area contributed by atoms with Crippen LogP contribution in [0.25, 0.3) is 0 Å². The van der Waals surface area contributed by atoms with Crippen LogP contribution in [-0.2, 0) is 9.59 Å². The molecular formula is C15H18N2O3S. The Morgan fingerprint density at radius 1 is 1.29 bits per heavy atom. The number of carbonyl (C=O) groups excluding carboxylic acids is 1. The summed E-state index contributed by atoms with van der Waals surface area (Å²) >= 11 is 1.37. The molecule has 2 N–H and O–H groups in total. The molecule has 21 heavy (non-hydrogen) atoms. The largest absolute Gasteiger partial charge is 0.481 e. The van der Waals surface area contributed by atoms with Crippen LogP contribution in [0.3, 0.4) is 0 Å². The highest BCUT2D eigenvalue weighted by molar-refractivity contribution is 7.16. The van der Waals surface area contributed by atoms with Crippen molar-refractivity contribution in [1.82, 2.24) is 0 Å². The molecule has 112 valence electrons. The van der Waals surface area contributed by atoms with Crippen LogP contribution in [0.15, 0.2) is 0 Å². The number of amides is 1. The molecule has 0 aliphatic heterocycles. The van der Waals surface area contributed by atoms with Gasteiger partial charge in [0.25, 0.3) is 0 Å². The van der Waals surface area contributed by atoms with Crippen LogP contribution in [0.1, 0.15) is 41.7 Å². The zero-order valence-corrected chi connectivity index (χ0v) is 12.9. The molecular weight excluding hydrogens is 288 g/mol. The molecule has 1 aliphatic carbocycles. The summed E-state index contributed by atoms with van der Waals surface area (Å²) in [6, 6.07) is 2.11. The molecule has 2 rings (SSSR count). The lowest BCUT2D eigenvalue weighted by molar-refractivity contribution is -0.147. The molecule has 1 heterocycles. The summed E-state index contributed by atoms with van der Waals surface area (Å²) in [6.07, 6.45) is 2.85. The minimum absolute atomic E-state index is 0.278. The van der Waals surface area contributed by atoms with E-state index in [2.05, 4.69) is 11.4 Å². The van der Waals surface area contributed by atoms with Crippen molar-refractivity contribution < 1.29 is 14.7 Å². The van der Waals surface area contributed by atoms with E-state index in [1.54, 1.807) is 0 Å². The Hall–Kier alpha value is -1.87. The van der Waals surface area contributed by atoms with E-state index < -0.39 is 17.8 Å². The summed E-state index contributed by atoms with van der Waals surface area (Å²) < 4.78 is 0. The first-order chi connectivity index (χ1) is 9.95. The number of anilines is 1. The van der Waals surface area contributed by atoms with Gasteiger partial charge in [-0.1, -0.05) is 12.8 Å². The first kappa shape index (κ1) is 15.5. The summed E-state index contributed by atoms with van der Waals surface area (Å²) in [5.41, 5.74) is 1.35. The topological polar surface area (TPSA) is 90.2 Å². The predicted molar refractivity (Wildman–Crippen MR) is 80.2 cm³/mol. The second-order valence-corrected chi connectivity index (χ2v) is 6.65. The fourth-order valence-corrected chi connectivity index (χ4v) is 3.81. The van der Waals surface area contributed by atoms with Gasteiger partial charge in [0, 0.05) is 4.88 Å². The van der Waals surface area contributed by atoms with Gasteiger partial charge in [-0.05, 0) is 32.3 Å². The quantitative estimate of drug-likeness (QED) is 0.898. The second-order valence-electron chi connectivity index (χ2n) is 5.42. The summed E-state index contributed by atoms with van der Waals surface area (Å²) in [6.45, 7) is 3.75. The van der Waals surface area contributed by atoms with Crippen LogP contribution in [-0.4, -0.2) is 17.0 Å². The van der Waals surface area contributed by atoms with Crippen molar-refractivity contribution in [2.75, 3.05) is 5.32 Å². The van der Waals surface area contributed by atoms with E-state index in [-0.39, 0.29) is 5.91 Å². The third-order valence-corrected chi connectivity index (χ3v) is 5.28. The van der Waals surface area contributed by atoms with Gasteiger partial charge in [0.15, 0.2) is 0 Å². The lowest BCUT2D eigenvalue weighted by Crippen LogP contribution is -2.36. The Kier molecular flexibility index (Phi) is 4.63. The van der Waals surface area contributed by atoms with E-state index in [0.717, 1.165) is 23.3 Å². The van der Waals surface area contributed by atoms with E-state index in [1.807, 2.05) is 13.8 Å². The van der Waals surface area contributed by atoms with Gasteiger partial charge in [-0.2, -0.15) is 5.26 Å². The van der Waals surface area contributed by atoms with Crippen LogP contribution in [0.2, 0.25) is 0 Å². The van der Waals surface area contributed by atoms with Gasteiger partial charge in [0.05, 0.1) is 17.4 Å². The number of rotatable bonds is 3. The number of hydrogen-bond donors (Lipinski definition) is 2. The zero-order valence-electron chi connectivity index (χ0n) is 12.1. The molecule has 1 aromatic heterocycles. The SMILES string of the molecule is Cc1sc(NC(=O)[C@H]2CCCC[C@H]2C(=O)O)c(C#N)c1C. The Balaban J connectivity index is 2.19. The van der Waals surface area contributed by atoms with Gasteiger partial charge < -0.3 is 10.4 Å². The predicted octanol–water partition coefficient (Wildman–Crippen LogP) is 3.07. The molecule has 1 amide bonds. The minimum atomic E-state index is -0.908. The van der Waals surface area contributed by atoms with Crippen molar-refractivity contribution in [1.29, 1.82) is 5.26 Å². The number of carboxylic acid groups (broad SMARTS) is 1. The summed E-state index contributed by atoms with van der Waals surface area (Å²) in [7, 11) is 0. The number of hydrogen-bond acceptors (Lipinski definition) is 4.